The van der Waals surface area contributed by atoms with Gasteiger partial charge in [-0.15, -0.1) is 11.3 Å². The second-order valence-corrected chi connectivity index (χ2v) is 6.28. The van der Waals surface area contributed by atoms with Gasteiger partial charge in [0.2, 0.25) is 0 Å². The molecule has 0 saturated heterocycles. The van der Waals surface area contributed by atoms with E-state index in [4.69, 9.17) is 10.7 Å². The Bertz CT molecular complexity index is 375. The zero-order valence-corrected chi connectivity index (χ0v) is 10.1. The van der Waals surface area contributed by atoms with E-state index in [1.54, 1.807) is 0 Å². The SMILES string of the molecule is Cc1sc(C2(CN)CC2)nc1C1CCC1. The number of thiazole rings is 1. The summed E-state index contributed by atoms with van der Waals surface area (Å²) < 4.78 is 0. The molecule has 0 amide bonds. The van der Waals surface area contributed by atoms with Crippen molar-refractivity contribution in [2.45, 2.75) is 50.4 Å². The van der Waals surface area contributed by atoms with Crippen LogP contribution in [0.5, 0.6) is 0 Å². The molecule has 0 atom stereocenters. The van der Waals surface area contributed by atoms with Gasteiger partial charge in [-0.1, -0.05) is 6.42 Å². The van der Waals surface area contributed by atoms with Gasteiger partial charge in [-0.2, -0.15) is 0 Å². The second-order valence-electron chi connectivity index (χ2n) is 5.07. The third-order valence-corrected chi connectivity index (χ3v) is 5.26. The van der Waals surface area contributed by atoms with Crippen LogP contribution in [0.15, 0.2) is 0 Å². The largest absolute Gasteiger partial charge is 0.329 e. The Morgan fingerprint density at radius 2 is 2.20 bits per heavy atom. The molecule has 0 spiro atoms. The maximum Gasteiger partial charge on any atom is 0.101 e. The van der Waals surface area contributed by atoms with Crippen LogP contribution < -0.4 is 5.73 Å². The highest BCUT2D eigenvalue weighted by atomic mass is 32.1. The number of aryl methyl sites for hydroxylation is 1. The van der Waals surface area contributed by atoms with E-state index < -0.39 is 0 Å². The number of aromatic nitrogens is 1. The van der Waals surface area contributed by atoms with Gasteiger partial charge in [0.25, 0.3) is 0 Å². The average molecular weight is 222 g/mol. The van der Waals surface area contributed by atoms with Gasteiger partial charge in [-0.05, 0) is 32.6 Å². The molecular weight excluding hydrogens is 204 g/mol. The predicted octanol–water partition coefficient (Wildman–Crippen LogP) is 2.71. The van der Waals surface area contributed by atoms with Gasteiger partial charge in [-0.3, -0.25) is 0 Å². The Morgan fingerprint density at radius 3 is 2.67 bits per heavy atom. The highest BCUT2D eigenvalue weighted by Crippen LogP contribution is 2.50. The second kappa shape index (κ2) is 3.29. The highest BCUT2D eigenvalue weighted by Gasteiger charge is 2.46. The van der Waals surface area contributed by atoms with Crippen LogP contribution in [0, 0.1) is 6.92 Å². The fourth-order valence-corrected chi connectivity index (χ4v) is 3.61. The van der Waals surface area contributed by atoms with E-state index in [1.165, 1.54) is 47.7 Å². The van der Waals surface area contributed by atoms with Crippen molar-refractivity contribution in [1.29, 1.82) is 0 Å². The maximum absolute atomic E-state index is 5.85. The summed E-state index contributed by atoms with van der Waals surface area (Å²) in [5.41, 5.74) is 7.53. The fourth-order valence-electron chi connectivity index (χ4n) is 2.35. The predicted molar refractivity (Wildman–Crippen MR) is 63.4 cm³/mol. The standard InChI is InChI=1S/C12H18N2S/c1-8-10(9-3-2-4-9)14-11(15-8)12(7-13)5-6-12/h9H,2-7,13H2,1H3. The Labute approximate surface area is 94.9 Å². The van der Waals surface area contributed by atoms with Crippen molar-refractivity contribution in [1.82, 2.24) is 4.98 Å². The summed E-state index contributed by atoms with van der Waals surface area (Å²) in [6.07, 6.45) is 6.58. The topological polar surface area (TPSA) is 38.9 Å². The molecule has 15 heavy (non-hydrogen) atoms. The van der Waals surface area contributed by atoms with Crippen LogP contribution >= 0.6 is 11.3 Å². The molecule has 2 nitrogen and oxygen atoms in total. The minimum Gasteiger partial charge on any atom is -0.329 e. The zero-order chi connectivity index (χ0) is 10.5. The van der Waals surface area contributed by atoms with Crippen molar-refractivity contribution in [3.05, 3.63) is 15.6 Å². The lowest BCUT2D eigenvalue weighted by molar-refractivity contribution is 0.410. The molecule has 2 fully saturated rings. The van der Waals surface area contributed by atoms with Gasteiger partial charge < -0.3 is 5.73 Å². The van der Waals surface area contributed by atoms with Crippen molar-refractivity contribution in [3.63, 3.8) is 0 Å². The molecule has 0 unspecified atom stereocenters. The third-order valence-electron chi connectivity index (χ3n) is 4.02. The minimum absolute atomic E-state index is 0.289. The lowest BCUT2D eigenvalue weighted by Gasteiger charge is -2.24. The van der Waals surface area contributed by atoms with Gasteiger partial charge in [0.05, 0.1) is 5.69 Å². The van der Waals surface area contributed by atoms with Crippen LogP contribution in [0.4, 0.5) is 0 Å². The highest BCUT2D eigenvalue weighted by molar-refractivity contribution is 7.11. The van der Waals surface area contributed by atoms with Crippen molar-refractivity contribution in [3.8, 4) is 0 Å². The molecule has 82 valence electrons. The number of nitrogens with zero attached hydrogens (tertiary/aromatic N) is 1. The number of hydrogen-bond donors (Lipinski definition) is 1. The van der Waals surface area contributed by atoms with E-state index in [-0.39, 0.29) is 5.41 Å². The summed E-state index contributed by atoms with van der Waals surface area (Å²) in [6.45, 7) is 3.01. The minimum atomic E-state index is 0.289. The van der Waals surface area contributed by atoms with Crippen molar-refractivity contribution in [2.24, 2.45) is 5.73 Å². The summed E-state index contributed by atoms with van der Waals surface area (Å²) in [6, 6.07) is 0. The van der Waals surface area contributed by atoms with E-state index in [1.807, 2.05) is 11.3 Å². The molecule has 2 N–H and O–H groups in total. The number of nitrogens with two attached hydrogens (primary N) is 1. The van der Waals surface area contributed by atoms with E-state index in [0.29, 0.717) is 0 Å². The molecule has 2 aliphatic carbocycles. The average Bonchev–Trinajstić information content (AvgIpc) is 2.86. The van der Waals surface area contributed by atoms with E-state index in [2.05, 4.69) is 6.92 Å². The van der Waals surface area contributed by atoms with Crippen LogP contribution in [0.25, 0.3) is 0 Å². The van der Waals surface area contributed by atoms with Gasteiger partial charge in [0, 0.05) is 22.8 Å². The van der Waals surface area contributed by atoms with Gasteiger partial charge in [0.15, 0.2) is 0 Å². The quantitative estimate of drug-likeness (QED) is 0.854. The van der Waals surface area contributed by atoms with E-state index >= 15 is 0 Å². The van der Waals surface area contributed by atoms with Gasteiger partial charge in [-0.25, -0.2) is 4.98 Å². The fraction of sp³-hybridized carbons (Fsp3) is 0.750. The number of rotatable bonds is 3. The molecule has 0 bridgehead atoms. The van der Waals surface area contributed by atoms with Crippen molar-refractivity contribution < 1.29 is 0 Å². The summed E-state index contributed by atoms with van der Waals surface area (Å²) in [5, 5.41) is 1.32. The van der Waals surface area contributed by atoms with Crippen LogP contribution in [0.2, 0.25) is 0 Å². The van der Waals surface area contributed by atoms with Crippen LogP contribution in [0.3, 0.4) is 0 Å². The summed E-state index contributed by atoms with van der Waals surface area (Å²) in [5.74, 6) is 0.767. The Kier molecular flexibility index (Phi) is 2.15. The van der Waals surface area contributed by atoms with Gasteiger partial charge >= 0.3 is 0 Å². The summed E-state index contributed by atoms with van der Waals surface area (Å²) in [7, 11) is 0. The molecule has 0 aliphatic heterocycles. The molecule has 1 heterocycles. The zero-order valence-electron chi connectivity index (χ0n) is 9.25. The molecule has 1 aromatic heterocycles. The molecule has 3 heteroatoms. The van der Waals surface area contributed by atoms with E-state index in [9.17, 15) is 0 Å². The first kappa shape index (κ1) is 9.79. The van der Waals surface area contributed by atoms with Crippen molar-refractivity contribution in [2.75, 3.05) is 6.54 Å². The Balaban J connectivity index is 1.91. The molecule has 0 aromatic carbocycles. The van der Waals surface area contributed by atoms with Crippen LogP contribution in [-0.4, -0.2) is 11.5 Å². The lowest BCUT2D eigenvalue weighted by Crippen LogP contribution is -2.19. The molecular formula is C12H18N2S. The smallest absolute Gasteiger partial charge is 0.101 e. The maximum atomic E-state index is 5.85. The van der Waals surface area contributed by atoms with Gasteiger partial charge in [0.1, 0.15) is 5.01 Å². The van der Waals surface area contributed by atoms with Crippen molar-refractivity contribution >= 4 is 11.3 Å². The Morgan fingerprint density at radius 1 is 1.47 bits per heavy atom. The summed E-state index contributed by atoms with van der Waals surface area (Å²) in [4.78, 5) is 6.31. The molecule has 0 radical (unpaired) electrons. The molecule has 3 rings (SSSR count). The third kappa shape index (κ3) is 1.44. The summed E-state index contributed by atoms with van der Waals surface area (Å²) >= 11 is 1.89. The molecule has 1 aromatic rings. The first-order chi connectivity index (χ1) is 7.25. The first-order valence-electron chi connectivity index (χ1n) is 5.93. The van der Waals surface area contributed by atoms with Crippen LogP contribution in [0.1, 0.15) is 53.6 Å². The number of hydrogen-bond acceptors (Lipinski definition) is 3. The van der Waals surface area contributed by atoms with E-state index in [0.717, 1.165) is 12.5 Å². The van der Waals surface area contributed by atoms with Crippen LogP contribution in [-0.2, 0) is 5.41 Å². The normalized spacial score (nSPS) is 23.9. The lowest BCUT2D eigenvalue weighted by atomic mass is 9.82. The Hall–Kier alpha value is -0.410. The molecule has 2 aliphatic rings. The monoisotopic (exact) mass is 222 g/mol. The first-order valence-corrected chi connectivity index (χ1v) is 6.75. The molecule has 2 saturated carbocycles.